The Hall–Kier alpha value is -2.32. The first-order chi connectivity index (χ1) is 12.1. The highest BCUT2D eigenvalue weighted by molar-refractivity contribution is 7.90. The Morgan fingerprint density at radius 1 is 0.962 bits per heavy atom. The summed E-state index contributed by atoms with van der Waals surface area (Å²) in [5.41, 5.74) is 1.06. The van der Waals surface area contributed by atoms with Gasteiger partial charge in [0.1, 0.15) is 0 Å². The van der Waals surface area contributed by atoms with Crippen LogP contribution in [0.1, 0.15) is 5.82 Å². The molecule has 0 atom stereocenters. The van der Waals surface area contributed by atoms with E-state index in [-0.39, 0.29) is 16.3 Å². The molecule has 4 nitrogen and oxygen atoms in total. The highest BCUT2D eigenvalue weighted by Crippen LogP contribution is 2.36. The molecule has 136 valence electrons. The second kappa shape index (κ2) is 6.44. The van der Waals surface area contributed by atoms with Crippen molar-refractivity contribution in [2.75, 3.05) is 6.26 Å². The number of H-pyrrole nitrogens is 1. The molecule has 0 bridgehead atoms. The molecule has 0 aliphatic rings. The molecule has 0 unspecified atom stereocenters. The van der Waals surface area contributed by atoms with Gasteiger partial charge in [-0.05, 0) is 24.3 Å². The van der Waals surface area contributed by atoms with Gasteiger partial charge in [-0.15, -0.1) is 0 Å². The summed E-state index contributed by atoms with van der Waals surface area (Å²) in [6.45, 7) is 0. The molecule has 1 heterocycles. The first kappa shape index (κ1) is 18.5. The van der Waals surface area contributed by atoms with Gasteiger partial charge in [-0.3, -0.25) is 0 Å². The molecule has 0 amide bonds. The average Bonchev–Trinajstić information content (AvgIpc) is 3.00. The zero-order chi connectivity index (χ0) is 19.1. The lowest BCUT2D eigenvalue weighted by atomic mass is 10.1. The molecule has 1 N–H and O–H groups in total. The van der Waals surface area contributed by atoms with Gasteiger partial charge in [0.05, 0.1) is 16.3 Å². The summed E-state index contributed by atoms with van der Waals surface area (Å²) in [6.07, 6.45) is -3.59. The number of halogens is 4. The standard InChI is InChI=1S/C17H12ClF3N2O2S/c1-26(24,25)13-8-4-11(5-9-13)15-14(10-2-6-12(18)7-3-10)22-16(23-15)17(19,20)21/h2-9H,1H3,(H,22,23). The first-order valence-electron chi connectivity index (χ1n) is 7.29. The fraction of sp³-hybridized carbons (Fsp3) is 0.118. The summed E-state index contributed by atoms with van der Waals surface area (Å²) >= 11 is 5.83. The average molecular weight is 401 g/mol. The van der Waals surface area contributed by atoms with Crippen molar-refractivity contribution in [3.05, 3.63) is 59.4 Å². The van der Waals surface area contributed by atoms with E-state index in [4.69, 9.17) is 11.6 Å². The lowest BCUT2D eigenvalue weighted by Crippen LogP contribution is -2.07. The minimum Gasteiger partial charge on any atom is -0.334 e. The molecule has 0 saturated carbocycles. The number of alkyl halides is 3. The molecular weight excluding hydrogens is 389 g/mol. The van der Waals surface area contributed by atoms with Gasteiger partial charge in [-0.25, -0.2) is 13.4 Å². The van der Waals surface area contributed by atoms with Gasteiger partial charge in [0.25, 0.3) is 0 Å². The molecule has 0 fully saturated rings. The molecule has 26 heavy (non-hydrogen) atoms. The van der Waals surface area contributed by atoms with E-state index in [0.29, 0.717) is 16.1 Å². The van der Waals surface area contributed by atoms with Crippen molar-refractivity contribution in [1.29, 1.82) is 0 Å². The van der Waals surface area contributed by atoms with E-state index in [1.54, 1.807) is 24.3 Å². The second-order valence-corrected chi connectivity index (χ2v) is 8.06. The van der Waals surface area contributed by atoms with E-state index >= 15 is 0 Å². The van der Waals surface area contributed by atoms with Gasteiger partial charge in [0, 0.05) is 22.4 Å². The lowest BCUT2D eigenvalue weighted by Gasteiger charge is -2.05. The van der Waals surface area contributed by atoms with Gasteiger partial charge in [0.15, 0.2) is 9.84 Å². The van der Waals surface area contributed by atoms with Crippen LogP contribution in [-0.2, 0) is 16.0 Å². The van der Waals surface area contributed by atoms with E-state index in [0.717, 1.165) is 6.26 Å². The maximum Gasteiger partial charge on any atom is 0.449 e. The quantitative estimate of drug-likeness (QED) is 0.685. The van der Waals surface area contributed by atoms with Crippen LogP contribution in [0.4, 0.5) is 13.2 Å². The number of hydrogen-bond acceptors (Lipinski definition) is 3. The van der Waals surface area contributed by atoms with Gasteiger partial charge in [-0.2, -0.15) is 13.2 Å². The summed E-state index contributed by atoms with van der Waals surface area (Å²) in [7, 11) is -3.41. The Bertz CT molecular complexity index is 1040. The van der Waals surface area contributed by atoms with Crippen LogP contribution in [0.25, 0.3) is 22.5 Å². The summed E-state index contributed by atoms with van der Waals surface area (Å²) in [4.78, 5) is 6.05. The molecule has 3 rings (SSSR count). The summed E-state index contributed by atoms with van der Waals surface area (Å²) < 4.78 is 62.4. The Balaban J connectivity index is 2.16. The van der Waals surface area contributed by atoms with Crippen LogP contribution in [0.5, 0.6) is 0 Å². The molecule has 9 heteroatoms. The van der Waals surface area contributed by atoms with Crippen molar-refractivity contribution < 1.29 is 21.6 Å². The van der Waals surface area contributed by atoms with Gasteiger partial charge in [-0.1, -0.05) is 35.9 Å². The van der Waals surface area contributed by atoms with Gasteiger partial charge >= 0.3 is 6.18 Å². The van der Waals surface area contributed by atoms with Crippen LogP contribution in [0.15, 0.2) is 53.4 Å². The minimum absolute atomic E-state index is 0.0739. The van der Waals surface area contributed by atoms with Crippen LogP contribution >= 0.6 is 11.6 Å². The number of aromatic nitrogens is 2. The number of benzene rings is 2. The van der Waals surface area contributed by atoms with Crippen molar-refractivity contribution in [1.82, 2.24) is 9.97 Å². The third-order valence-electron chi connectivity index (χ3n) is 3.66. The van der Waals surface area contributed by atoms with Crippen LogP contribution in [-0.4, -0.2) is 24.6 Å². The molecule has 0 radical (unpaired) electrons. The smallest absolute Gasteiger partial charge is 0.334 e. The third-order valence-corrected chi connectivity index (χ3v) is 5.04. The minimum atomic E-state index is -4.65. The van der Waals surface area contributed by atoms with E-state index in [9.17, 15) is 21.6 Å². The predicted molar refractivity (Wildman–Crippen MR) is 92.6 cm³/mol. The van der Waals surface area contributed by atoms with Crippen molar-refractivity contribution in [2.24, 2.45) is 0 Å². The molecule has 0 aliphatic heterocycles. The highest BCUT2D eigenvalue weighted by atomic mass is 35.5. The number of nitrogens with zero attached hydrogens (tertiary/aromatic N) is 1. The maximum absolute atomic E-state index is 13.1. The van der Waals surface area contributed by atoms with Gasteiger partial charge < -0.3 is 4.98 Å². The molecule has 2 aromatic carbocycles. The number of hydrogen-bond donors (Lipinski definition) is 1. The van der Waals surface area contributed by atoms with Crippen LogP contribution in [0.3, 0.4) is 0 Å². The van der Waals surface area contributed by atoms with Crippen LogP contribution < -0.4 is 0 Å². The highest BCUT2D eigenvalue weighted by Gasteiger charge is 2.36. The number of rotatable bonds is 3. The number of nitrogens with one attached hydrogen (secondary N) is 1. The lowest BCUT2D eigenvalue weighted by molar-refractivity contribution is -0.144. The monoisotopic (exact) mass is 400 g/mol. The summed E-state index contributed by atoms with van der Waals surface area (Å²) in [5.74, 6) is -1.13. The fourth-order valence-corrected chi connectivity index (χ4v) is 3.16. The Labute approximate surface area is 152 Å². The molecular formula is C17H12ClF3N2O2S. The fourth-order valence-electron chi connectivity index (χ4n) is 2.40. The van der Waals surface area contributed by atoms with Gasteiger partial charge in [0.2, 0.25) is 5.82 Å². The van der Waals surface area contributed by atoms with Crippen molar-refractivity contribution in [3.63, 3.8) is 0 Å². The van der Waals surface area contributed by atoms with Crippen LogP contribution in [0, 0.1) is 0 Å². The number of aromatic amines is 1. The third kappa shape index (κ3) is 3.76. The zero-order valence-corrected chi connectivity index (χ0v) is 14.9. The van der Waals surface area contributed by atoms with Crippen molar-refractivity contribution >= 4 is 21.4 Å². The maximum atomic E-state index is 13.1. The van der Waals surface area contributed by atoms with E-state index in [2.05, 4.69) is 9.97 Å². The number of imidazole rings is 1. The van der Waals surface area contributed by atoms with E-state index in [1.165, 1.54) is 24.3 Å². The number of sulfone groups is 1. The molecule has 1 aromatic heterocycles. The van der Waals surface area contributed by atoms with E-state index < -0.39 is 21.8 Å². The summed E-state index contributed by atoms with van der Waals surface area (Å²) in [5, 5.41) is 0.444. The Morgan fingerprint density at radius 2 is 1.50 bits per heavy atom. The molecule has 0 spiro atoms. The largest absolute Gasteiger partial charge is 0.449 e. The molecule has 0 saturated heterocycles. The Morgan fingerprint density at radius 3 is 2.00 bits per heavy atom. The zero-order valence-electron chi connectivity index (χ0n) is 13.3. The topological polar surface area (TPSA) is 62.8 Å². The normalized spacial score (nSPS) is 12.3. The van der Waals surface area contributed by atoms with E-state index in [1.807, 2.05) is 0 Å². The second-order valence-electron chi connectivity index (χ2n) is 5.61. The SMILES string of the molecule is CS(=O)(=O)c1ccc(-c2[nH]c(C(F)(F)F)nc2-c2ccc(Cl)cc2)cc1. The van der Waals surface area contributed by atoms with Crippen LogP contribution in [0.2, 0.25) is 5.02 Å². The molecule has 3 aromatic rings. The molecule has 0 aliphatic carbocycles. The Kier molecular flexibility index (Phi) is 4.58. The summed E-state index contributed by atoms with van der Waals surface area (Å²) in [6, 6.07) is 11.8. The van der Waals surface area contributed by atoms with Crippen molar-refractivity contribution in [2.45, 2.75) is 11.1 Å². The van der Waals surface area contributed by atoms with Crippen molar-refractivity contribution in [3.8, 4) is 22.5 Å². The predicted octanol–water partition coefficient (Wildman–Crippen LogP) is 4.82. The first-order valence-corrected chi connectivity index (χ1v) is 9.56.